The largest absolute Gasteiger partial charge is 0.293 e. The second-order valence-electron chi connectivity index (χ2n) is 2.97. The van der Waals surface area contributed by atoms with Gasteiger partial charge in [0.2, 0.25) is 0 Å². The second-order valence-corrected chi connectivity index (χ2v) is 3.94. The van der Waals surface area contributed by atoms with E-state index in [2.05, 4.69) is 15.9 Å². The number of benzene rings is 1. The van der Waals surface area contributed by atoms with Crippen LogP contribution in [0.4, 0.5) is 0 Å². The van der Waals surface area contributed by atoms with Gasteiger partial charge in [0.15, 0.2) is 5.78 Å². The van der Waals surface area contributed by atoms with Crippen molar-refractivity contribution in [2.45, 2.75) is 13.8 Å². The summed E-state index contributed by atoms with van der Waals surface area (Å²) in [7, 11) is 0. The summed E-state index contributed by atoms with van der Waals surface area (Å²) in [4.78, 5) is 11.4. The highest BCUT2D eigenvalue weighted by Gasteiger charge is 2.09. The lowest BCUT2D eigenvalue weighted by molar-refractivity contribution is 0.102. The Kier molecular flexibility index (Phi) is 3.51. The highest BCUT2D eigenvalue weighted by Crippen LogP contribution is 2.21. The maximum absolute atomic E-state index is 11.4. The van der Waals surface area contributed by atoms with Crippen LogP contribution in [0.1, 0.15) is 21.5 Å². The summed E-state index contributed by atoms with van der Waals surface area (Å²) >= 11 is 9.06. The lowest BCUT2D eigenvalue weighted by atomic mass is 10.0. The molecule has 0 bridgehead atoms. The molecule has 0 saturated heterocycles. The number of aryl methyl sites for hydroxylation is 2. The number of rotatable bonds is 2. The molecule has 0 aliphatic carbocycles. The van der Waals surface area contributed by atoms with Crippen molar-refractivity contribution in [3.05, 3.63) is 33.8 Å². The van der Waals surface area contributed by atoms with Crippen LogP contribution in [0, 0.1) is 13.8 Å². The van der Waals surface area contributed by atoms with Crippen molar-refractivity contribution in [1.82, 2.24) is 0 Å². The third-order valence-electron chi connectivity index (χ3n) is 1.93. The van der Waals surface area contributed by atoms with Crippen LogP contribution in [0.2, 0.25) is 5.02 Å². The highest BCUT2D eigenvalue weighted by molar-refractivity contribution is 9.09. The van der Waals surface area contributed by atoms with Gasteiger partial charge in [0.05, 0.1) is 5.33 Å². The molecule has 0 aromatic heterocycles. The molecular formula is C10H10BrClO. The van der Waals surface area contributed by atoms with Gasteiger partial charge >= 0.3 is 0 Å². The number of Topliss-reactive ketones (excluding diaryl/α,β-unsaturated/α-hetero) is 1. The van der Waals surface area contributed by atoms with Gasteiger partial charge < -0.3 is 0 Å². The van der Waals surface area contributed by atoms with Gasteiger partial charge in [0, 0.05) is 10.6 Å². The number of halogens is 2. The fourth-order valence-electron chi connectivity index (χ4n) is 1.20. The third-order valence-corrected chi connectivity index (χ3v) is 2.84. The Hall–Kier alpha value is -0.340. The summed E-state index contributed by atoms with van der Waals surface area (Å²) in [6, 6.07) is 3.66. The van der Waals surface area contributed by atoms with Gasteiger partial charge in [-0.25, -0.2) is 0 Å². The van der Waals surface area contributed by atoms with Crippen LogP contribution in [0.15, 0.2) is 12.1 Å². The molecule has 0 N–H and O–H groups in total. The second kappa shape index (κ2) is 4.25. The van der Waals surface area contributed by atoms with Gasteiger partial charge in [-0.05, 0) is 31.0 Å². The summed E-state index contributed by atoms with van der Waals surface area (Å²) in [5.41, 5.74) is 2.68. The zero-order valence-electron chi connectivity index (χ0n) is 7.53. The number of carbonyl (C=O) groups excluding carboxylic acids is 1. The molecule has 1 aromatic rings. The molecule has 1 aromatic carbocycles. The van der Waals surface area contributed by atoms with E-state index in [9.17, 15) is 4.79 Å². The van der Waals surface area contributed by atoms with Crippen molar-refractivity contribution in [1.29, 1.82) is 0 Å². The first-order valence-electron chi connectivity index (χ1n) is 3.92. The first-order valence-corrected chi connectivity index (χ1v) is 5.42. The number of hydrogen-bond acceptors (Lipinski definition) is 1. The zero-order chi connectivity index (χ0) is 10.0. The monoisotopic (exact) mass is 260 g/mol. The molecule has 3 heteroatoms. The molecule has 70 valence electrons. The Morgan fingerprint density at radius 3 is 2.54 bits per heavy atom. The van der Waals surface area contributed by atoms with E-state index < -0.39 is 0 Å². The first kappa shape index (κ1) is 10.7. The average molecular weight is 262 g/mol. The standard InChI is InChI=1S/C10H10BrClO/c1-6-3-7(2)9(12)4-8(6)10(13)5-11/h3-4H,5H2,1-2H3. The average Bonchev–Trinajstić information content (AvgIpc) is 2.10. The SMILES string of the molecule is Cc1cc(C)c(C(=O)CBr)cc1Cl. The van der Waals surface area contributed by atoms with Crippen LogP contribution in [-0.2, 0) is 0 Å². The summed E-state index contributed by atoms with van der Waals surface area (Å²) in [5.74, 6) is 0.0689. The maximum Gasteiger partial charge on any atom is 0.173 e. The molecule has 1 rings (SSSR count). The normalized spacial score (nSPS) is 10.2. The van der Waals surface area contributed by atoms with Crippen molar-refractivity contribution in [3.8, 4) is 0 Å². The summed E-state index contributed by atoms with van der Waals surface area (Å²) in [6.45, 7) is 3.84. The molecule has 0 aliphatic heterocycles. The predicted molar refractivity (Wildman–Crippen MR) is 59.1 cm³/mol. The Morgan fingerprint density at radius 1 is 1.38 bits per heavy atom. The van der Waals surface area contributed by atoms with E-state index in [1.165, 1.54) is 0 Å². The third kappa shape index (κ3) is 2.32. The van der Waals surface area contributed by atoms with Crippen LogP contribution in [-0.4, -0.2) is 11.1 Å². The van der Waals surface area contributed by atoms with Crippen LogP contribution < -0.4 is 0 Å². The minimum atomic E-state index is 0.0689. The minimum absolute atomic E-state index is 0.0689. The van der Waals surface area contributed by atoms with Gasteiger partial charge in [0.25, 0.3) is 0 Å². The van der Waals surface area contributed by atoms with Crippen LogP contribution in [0.5, 0.6) is 0 Å². The molecule has 0 aliphatic rings. The van der Waals surface area contributed by atoms with Gasteiger partial charge in [-0.2, -0.15) is 0 Å². The molecule has 13 heavy (non-hydrogen) atoms. The van der Waals surface area contributed by atoms with Crippen molar-refractivity contribution in [2.75, 3.05) is 5.33 Å². The van der Waals surface area contributed by atoms with Gasteiger partial charge in [-0.3, -0.25) is 4.79 Å². The molecule has 0 saturated carbocycles. The summed E-state index contributed by atoms with van der Waals surface area (Å²) in [5, 5.41) is 0.989. The minimum Gasteiger partial charge on any atom is -0.293 e. The van der Waals surface area contributed by atoms with E-state index in [1.54, 1.807) is 6.07 Å². The molecule has 1 nitrogen and oxygen atoms in total. The number of alkyl halides is 1. The fraction of sp³-hybridized carbons (Fsp3) is 0.300. The van der Waals surface area contributed by atoms with Gasteiger partial charge in [-0.1, -0.05) is 33.6 Å². The Bertz CT molecular complexity index is 347. The molecular weight excluding hydrogens is 251 g/mol. The molecule has 0 spiro atoms. The smallest absolute Gasteiger partial charge is 0.173 e. The fourth-order valence-corrected chi connectivity index (χ4v) is 1.66. The van der Waals surface area contributed by atoms with Gasteiger partial charge in [0.1, 0.15) is 0 Å². The van der Waals surface area contributed by atoms with E-state index in [0.29, 0.717) is 15.9 Å². The molecule has 0 atom stereocenters. The van der Waals surface area contributed by atoms with E-state index in [4.69, 9.17) is 11.6 Å². The molecule has 0 unspecified atom stereocenters. The molecule has 0 heterocycles. The number of hydrogen-bond donors (Lipinski definition) is 0. The summed E-state index contributed by atoms with van der Waals surface area (Å²) in [6.07, 6.45) is 0. The Balaban J connectivity index is 3.23. The van der Waals surface area contributed by atoms with Crippen LogP contribution in [0.25, 0.3) is 0 Å². The van der Waals surface area contributed by atoms with E-state index in [1.807, 2.05) is 19.9 Å². The van der Waals surface area contributed by atoms with Crippen LogP contribution in [0.3, 0.4) is 0 Å². The molecule has 0 fully saturated rings. The Morgan fingerprint density at radius 2 is 2.00 bits per heavy atom. The van der Waals surface area contributed by atoms with Crippen molar-refractivity contribution in [2.24, 2.45) is 0 Å². The topological polar surface area (TPSA) is 17.1 Å². The zero-order valence-corrected chi connectivity index (χ0v) is 9.87. The van der Waals surface area contributed by atoms with Crippen molar-refractivity contribution in [3.63, 3.8) is 0 Å². The number of ketones is 1. The summed E-state index contributed by atoms with van der Waals surface area (Å²) < 4.78 is 0. The predicted octanol–water partition coefficient (Wildman–Crippen LogP) is 3.53. The highest BCUT2D eigenvalue weighted by atomic mass is 79.9. The van der Waals surface area contributed by atoms with E-state index >= 15 is 0 Å². The van der Waals surface area contributed by atoms with Gasteiger partial charge in [-0.15, -0.1) is 0 Å². The lowest BCUT2D eigenvalue weighted by Crippen LogP contribution is -2.03. The Labute approximate surface area is 91.2 Å². The maximum atomic E-state index is 11.4. The quantitative estimate of drug-likeness (QED) is 0.588. The van der Waals surface area contributed by atoms with Crippen molar-refractivity contribution < 1.29 is 4.79 Å². The lowest BCUT2D eigenvalue weighted by Gasteiger charge is -2.05. The number of carbonyl (C=O) groups is 1. The van der Waals surface area contributed by atoms with E-state index in [-0.39, 0.29) is 5.78 Å². The first-order chi connectivity index (χ1) is 6.06. The van der Waals surface area contributed by atoms with Crippen LogP contribution >= 0.6 is 27.5 Å². The molecule has 0 amide bonds. The van der Waals surface area contributed by atoms with E-state index in [0.717, 1.165) is 11.1 Å². The molecule has 0 radical (unpaired) electrons. The van der Waals surface area contributed by atoms with Crippen molar-refractivity contribution >= 4 is 33.3 Å².